The molecule has 7 N–H and O–H groups in total. The van der Waals surface area contributed by atoms with Gasteiger partial charge >= 0.3 is 0 Å². The highest BCUT2D eigenvalue weighted by atomic mass is 16.3. The third kappa shape index (κ3) is 5.61. The summed E-state index contributed by atoms with van der Waals surface area (Å²) in [6.45, 7) is 4.26. The van der Waals surface area contributed by atoms with E-state index in [1.807, 2.05) is 45.2 Å². The molecule has 1 aliphatic heterocycles. The summed E-state index contributed by atoms with van der Waals surface area (Å²) in [5.74, 6) is -0.998. The van der Waals surface area contributed by atoms with E-state index in [0.717, 1.165) is 11.1 Å². The predicted molar refractivity (Wildman–Crippen MR) is 121 cm³/mol. The topological polar surface area (TPSA) is 150 Å². The van der Waals surface area contributed by atoms with Crippen molar-refractivity contribution in [3.8, 4) is 0 Å². The Labute approximate surface area is 194 Å². The molecule has 0 spiro atoms. The summed E-state index contributed by atoms with van der Waals surface area (Å²) in [5, 5.41) is 25.5. The number of amides is 3. The minimum atomic E-state index is -1.24. The van der Waals surface area contributed by atoms with Gasteiger partial charge in [0.25, 0.3) is 11.8 Å². The molecule has 1 aromatic carbocycles. The highest BCUT2D eigenvalue weighted by Crippen LogP contribution is 2.28. The molecule has 1 aliphatic carbocycles. The smallest absolute Gasteiger partial charge is 0.278 e. The van der Waals surface area contributed by atoms with Gasteiger partial charge in [-0.05, 0) is 17.0 Å². The Balaban J connectivity index is 1.84. The van der Waals surface area contributed by atoms with Crippen molar-refractivity contribution >= 4 is 17.7 Å². The average Bonchev–Trinajstić information content (AvgIpc) is 2.78. The summed E-state index contributed by atoms with van der Waals surface area (Å²) in [7, 11) is 1.81. The first-order chi connectivity index (χ1) is 15.6. The number of nitrogens with zero attached hydrogens (tertiary/aromatic N) is 1. The maximum Gasteiger partial charge on any atom is 0.278 e. The SMILES string of the molecule is C[NH2+][C@@H](CC(C)C)C(=O)N[C@@H]1C=C(C(=O)N2Cc3ccccc3C[C@H]2C(N)=O)C[C@@H](O)[C@@H]1O. The van der Waals surface area contributed by atoms with Gasteiger partial charge in [-0.25, -0.2) is 0 Å². The van der Waals surface area contributed by atoms with Gasteiger partial charge in [0.15, 0.2) is 6.04 Å². The van der Waals surface area contributed by atoms with E-state index in [4.69, 9.17) is 5.73 Å². The number of primary amides is 1. The molecule has 3 amide bonds. The normalized spacial score (nSPS) is 25.8. The van der Waals surface area contributed by atoms with E-state index < -0.39 is 36.1 Å². The van der Waals surface area contributed by atoms with Gasteiger partial charge in [0.05, 0.1) is 19.2 Å². The molecule has 0 aromatic heterocycles. The van der Waals surface area contributed by atoms with Crippen LogP contribution in [0.2, 0.25) is 0 Å². The maximum atomic E-state index is 13.4. The first-order valence-corrected chi connectivity index (χ1v) is 11.5. The van der Waals surface area contributed by atoms with Crippen LogP contribution in [0.15, 0.2) is 35.9 Å². The van der Waals surface area contributed by atoms with Crippen LogP contribution >= 0.6 is 0 Å². The number of quaternary nitrogens is 1. The lowest BCUT2D eigenvalue weighted by molar-refractivity contribution is -0.651. The van der Waals surface area contributed by atoms with E-state index in [1.54, 1.807) is 5.32 Å². The number of rotatable bonds is 7. The van der Waals surface area contributed by atoms with Crippen molar-refractivity contribution in [1.29, 1.82) is 0 Å². The summed E-state index contributed by atoms with van der Waals surface area (Å²) in [5.41, 5.74) is 7.75. The molecule has 2 aliphatic rings. The fourth-order valence-corrected chi connectivity index (χ4v) is 4.60. The summed E-state index contributed by atoms with van der Waals surface area (Å²) in [4.78, 5) is 39.8. The Kier molecular flexibility index (Phi) is 7.88. The molecule has 0 saturated heterocycles. The third-order valence-corrected chi connectivity index (χ3v) is 6.46. The lowest BCUT2D eigenvalue weighted by Gasteiger charge is -2.38. The Morgan fingerprint density at radius 1 is 1.18 bits per heavy atom. The molecule has 180 valence electrons. The quantitative estimate of drug-likeness (QED) is 0.339. The van der Waals surface area contributed by atoms with Gasteiger partial charge in [0.2, 0.25) is 5.91 Å². The molecule has 0 fully saturated rings. The fourth-order valence-electron chi connectivity index (χ4n) is 4.60. The first-order valence-electron chi connectivity index (χ1n) is 11.5. The lowest BCUT2D eigenvalue weighted by atomic mass is 9.87. The highest BCUT2D eigenvalue weighted by Gasteiger charge is 2.39. The number of aliphatic hydroxyl groups is 2. The van der Waals surface area contributed by atoms with Crippen LogP contribution in [0.25, 0.3) is 0 Å². The van der Waals surface area contributed by atoms with Crippen molar-refractivity contribution in [3.63, 3.8) is 0 Å². The number of nitrogens with one attached hydrogen (secondary N) is 1. The Hall–Kier alpha value is -2.75. The van der Waals surface area contributed by atoms with E-state index >= 15 is 0 Å². The number of carbonyl (C=O) groups excluding carboxylic acids is 3. The second-order valence-corrected chi connectivity index (χ2v) is 9.38. The molecule has 0 radical (unpaired) electrons. The molecule has 9 nitrogen and oxygen atoms in total. The molecule has 1 heterocycles. The minimum absolute atomic E-state index is 0.0781. The van der Waals surface area contributed by atoms with Crippen LogP contribution in [0.4, 0.5) is 0 Å². The average molecular weight is 460 g/mol. The molecule has 0 bridgehead atoms. The molecule has 9 heteroatoms. The highest BCUT2D eigenvalue weighted by molar-refractivity contribution is 5.97. The predicted octanol–water partition coefficient (Wildman–Crippen LogP) is -1.43. The molecule has 0 unspecified atom stereocenters. The second kappa shape index (κ2) is 10.5. The van der Waals surface area contributed by atoms with Crippen molar-refractivity contribution in [2.45, 2.75) is 70.0 Å². The van der Waals surface area contributed by atoms with Gasteiger partial charge in [-0.1, -0.05) is 44.2 Å². The molecule has 33 heavy (non-hydrogen) atoms. The fraction of sp³-hybridized carbons (Fsp3) is 0.542. The number of hydrogen-bond donors (Lipinski definition) is 5. The molecular weight excluding hydrogens is 424 g/mol. The van der Waals surface area contributed by atoms with Crippen LogP contribution in [0.5, 0.6) is 0 Å². The van der Waals surface area contributed by atoms with E-state index in [2.05, 4.69) is 5.32 Å². The van der Waals surface area contributed by atoms with Crippen molar-refractivity contribution in [1.82, 2.24) is 10.2 Å². The van der Waals surface area contributed by atoms with E-state index in [0.29, 0.717) is 18.8 Å². The van der Waals surface area contributed by atoms with E-state index in [1.165, 1.54) is 11.0 Å². The van der Waals surface area contributed by atoms with Gasteiger partial charge < -0.3 is 31.5 Å². The van der Waals surface area contributed by atoms with Gasteiger partial charge in [0, 0.05) is 31.4 Å². The number of hydrogen-bond acceptors (Lipinski definition) is 5. The summed E-state index contributed by atoms with van der Waals surface area (Å²) >= 11 is 0. The van der Waals surface area contributed by atoms with Crippen molar-refractivity contribution in [3.05, 3.63) is 47.0 Å². The third-order valence-electron chi connectivity index (χ3n) is 6.46. The molecular formula is C24H35N4O5+. The number of carbonyl (C=O) groups is 3. The van der Waals surface area contributed by atoms with Gasteiger partial charge in [0.1, 0.15) is 12.1 Å². The van der Waals surface area contributed by atoms with Crippen LogP contribution < -0.4 is 16.4 Å². The zero-order valence-electron chi connectivity index (χ0n) is 19.4. The van der Waals surface area contributed by atoms with E-state index in [9.17, 15) is 24.6 Å². The molecule has 3 rings (SSSR count). The zero-order chi connectivity index (χ0) is 24.3. The van der Waals surface area contributed by atoms with Crippen molar-refractivity contribution in [2.24, 2.45) is 11.7 Å². The number of likely N-dealkylation sites (N-methyl/N-ethyl adjacent to an activating group) is 1. The van der Waals surface area contributed by atoms with Gasteiger partial charge in [-0.3, -0.25) is 14.4 Å². The van der Waals surface area contributed by atoms with Crippen molar-refractivity contribution < 1.29 is 29.9 Å². The van der Waals surface area contributed by atoms with Gasteiger partial charge in [-0.2, -0.15) is 0 Å². The summed E-state index contributed by atoms with van der Waals surface area (Å²) < 4.78 is 0. The monoisotopic (exact) mass is 459 g/mol. The van der Waals surface area contributed by atoms with Crippen molar-refractivity contribution in [2.75, 3.05) is 7.05 Å². The Morgan fingerprint density at radius 3 is 2.45 bits per heavy atom. The standard InChI is InChI=1S/C24H34N4O5/c1-13(2)8-18(26-3)23(32)27-17-9-16(11-20(29)21(17)30)24(33)28-12-15-7-5-4-6-14(15)10-19(28)22(25)31/h4-7,9,13,17-21,26,29-30H,8,10-12H2,1-3H3,(H2,25,31)(H,27,32)/p+1/t17-,18+,19+,20-,21-/m1/s1. The summed E-state index contributed by atoms with van der Waals surface area (Å²) in [6.07, 6.45) is -0.0760. The minimum Gasteiger partial charge on any atom is -0.390 e. The first kappa shape index (κ1) is 24.9. The van der Waals surface area contributed by atoms with Crippen LogP contribution in [0.1, 0.15) is 37.8 Å². The second-order valence-electron chi connectivity index (χ2n) is 9.38. The zero-order valence-corrected chi connectivity index (χ0v) is 19.4. The Bertz CT molecular complexity index is 931. The van der Waals surface area contributed by atoms with Crippen LogP contribution in [-0.4, -0.2) is 70.2 Å². The molecule has 5 atom stereocenters. The number of aliphatic hydroxyl groups excluding tert-OH is 2. The van der Waals surface area contributed by atoms with Crippen LogP contribution in [-0.2, 0) is 27.3 Å². The summed E-state index contributed by atoms with van der Waals surface area (Å²) in [6, 6.07) is 5.49. The van der Waals surface area contributed by atoms with Gasteiger partial charge in [-0.15, -0.1) is 0 Å². The Morgan fingerprint density at radius 2 is 1.85 bits per heavy atom. The van der Waals surface area contributed by atoms with E-state index in [-0.39, 0.29) is 30.5 Å². The molecule has 1 aromatic rings. The van der Waals surface area contributed by atoms with Crippen LogP contribution in [0, 0.1) is 5.92 Å². The lowest BCUT2D eigenvalue weighted by Crippen LogP contribution is -2.89. The van der Waals surface area contributed by atoms with Crippen LogP contribution in [0.3, 0.4) is 0 Å². The maximum absolute atomic E-state index is 13.4. The number of benzene rings is 1. The number of fused-ring (bicyclic) bond motifs is 1. The molecule has 0 saturated carbocycles. The largest absolute Gasteiger partial charge is 0.390 e. The number of nitrogens with two attached hydrogens (primary N) is 2.